The average molecular weight is 395 g/mol. The highest BCUT2D eigenvalue weighted by Crippen LogP contribution is 2.30. The van der Waals surface area contributed by atoms with E-state index >= 15 is 0 Å². The number of fused-ring (bicyclic) bond motifs is 1. The Morgan fingerprint density at radius 1 is 1.38 bits per heavy atom. The summed E-state index contributed by atoms with van der Waals surface area (Å²) in [5, 5.41) is 2.87. The van der Waals surface area contributed by atoms with Crippen molar-refractivity contribution in [1.29, 1.82) is 0 Å². The van der Waals surface area contributed by atoms with Crippen LogP contribution >= 0.6 is 0 Å². The number of carbonyl (C=O) groups excluding carboxylic acids is 1. The van der Waals surface area contributed by atoms with E-state index in [4.69, 9.17) is 4.74 Å². The van der Waals surface area contributed by atoms with Gasteiger partial charge in [-0.25, -0.2) is 0 Å². The third kappa shape index (κ3) is 3.38. The van der Waals surface area contributed by atoms with Crippen LogP contribution in [0.15, 0.2) is 36.0 Å². The maximum atomic E-state index is 12.6. The molecule has 8 nitrogen and oxygen atoms in total. The van der Waals surface area contributed by atoms with Gasteiger partial charge in [0.2, 0.25) is 0 Å². The second kappa shape index (κ2) is 6.50. The number of nitrogens with one attached hydrogen (secondary N) is 1. The second-order valence-electron chi connectivity index (χ2n) is 5.83. The van der Waals surface area contributed by atoms with Crippen molar-refractivity contribution in [2.45, 2.75) is 24.6 Å². The molecule has 0 aliphatic carbocycles. The van der Waals surface area contributed by atoms with Crippen LogP contribution in [0.3, 0.4) is 0 Å². The largest absolute Gasteiger partial charge is 0.534 e. The molecule has 1 N–H and O–H groups in total. The summed E-state index contributed by atoms with van der Waals surface area (Å²) in [7, 11) is -5.85. The molecule has 0 radical (unpaired) electrons. The first kappa shape index (κ1) is 18.6. The minimum atomic E-state index is -5.85. The normalized spacial score (nSPS) is 26.7. The highest BCUT2D eigenvalue weighted by atomic mass is 32.2. The number of hydrogen-bond acceptors (Lipinski definition) is 7. The summed E-state index contributed by atoms with van der Waals surface area (Å²) >= 11 is 0. The summed E-state index contributed by atoms with van der Waals surface area (Å²) in [4.78, 5) is 15.2. The molecule has 0 bridgehead atoms. The molecule has 26 heavy (non-hydrogen) atoms. The van der Waals surface area contributed by atoms with Crippen molar-refractivity contribution in [1.82, 2.24) is 15.1 Å². The highest BCUT2D eigenvalue weighted by Gasteiger charge is 2.50. The number of amides is 1. The molecule has 1 fully saturated rings. The second-order valence-corrected chi connectivity index (χ2v) is 7.37. The van der Waals surface area contributed by atoms with Crippen molar-refractivity contribution in [3.8, 4) is 0 Å². The van der Waals surface area contributed by atoms with Gasteiger partial charge in [-0.05, 0) is 19.1 Å². The number of ether oxygens (including phenoxy) is 1. The molecule has 0 aromatic heterocycles. The number of hydrogen-bond donors (Lipinski definition) is 1. The Bertz CT molecular complexity index is 790. The minimum absolute atomic E-state index is 0.0757. The summed E-state index contributed by atoms with van der Waals surface area (Å²) in [5.74, 6) is -0.705. The number of rotatable bonds is 3. The lowest BCUT2D eigenvalue weighted by molar-refractivity contribution is -0.127. The van der Waals surface area contributed by atoms with E-state index in [-0.39, 0.29) is 6.04 Å². The van der Waals surface area contributed by atoms with Gasteiger partial charge in [0.15, 0.2) is 11.9 Å². The molecular weight excluding hydrogens is 379 g/mol. The predicted molar refractivity (Wildman–Crippen MR) is 82.1 cm³/mol. The first-order valence-corrected chi connectivity index (χ1v) is 9.05. The Kier molecular flexibility index (Phi) is 4.65. The third-order valence-electron chi connectivity index (χ3n) is 4.02. The summed E-state index contributed by atoms with van der Waals surface area (Å²) in [6.45, 7) is 3.17. The van der Waals surface area contributed by atoms with Gasteiger partial charge in [0.1, 0.15) is 5.82 Å². The predicted octanol–water partition coefficient (Wildman–Crippen LogP) is 0.584. The molecule has 3 aliphatic heterocycles. The Balaban J connectivity index is 1.86. The van der Waals surface area contributed by atoms with Crippen molar-refractivity contribution < 1.29 is 35.3 Å². The summed E-state index contributed by atoms with van der Waals surface area (Å²) in [6.07, 6.45) is 3.70. The molecule has 2 atom stereocenters. The molecule has 0 spiro atoms. The lowest BCUT2D eigenvalue weighted by Crippen LogP contribution is -2.57. The van der Waals surface area contributed by atoms with E-state index in [1.54, 1.807) is 0 Å². The monoisotopic (exact) mass is 395 g/mol. The SMILES string of the molecule is C[C@@H]1COCCN1C1=CC(=O)N2C=CC=C(OS(=O)(=O)C(F)(F)F)C2N1. The Morgan fingerprint density at radius 2 is 2.12 bits per heavy atom. The molecule has 1 saturated heterocycles. The van der Waals surface area contributed by atoms with E-state index in [2.05, 4.69) is 9.50 Å². The van der Waals surface area contributed by atoms with Crippen LogP contribution in [0.2, 0.25) is 0 Å². The fraction of sp³-hybridized carbons (Fsp3) is 0.500. The maximum Gasteiger partial charge on any atom is 0.534 e. The van der Waals surface area contributed by atoms with Crippen LogP contribution < -0.4 is 5.32 Å². The van der Waals surface area contributed by atoms with Gasteiger partial charge in [-0.15, -0.1) is 0 Å². The quantitative estimate of drug-likeness (QED) is 0.553. The lowest BCUT2D eigenvalue weighted by atomic mass is 10.2. The number of alkyl halides is 3. The molecule has 12 heteroatoms. The zero-order valence-corrected chi connectivity index (χ0v) is 14.4. The van der Waals surface area contributed by atoms with E-state index in [1.165, 1.54) is 18.4 Å². The third-order valence-corrected chi connectivity index (χ3v) is 5.00. The molecule has 3 heterocycles. The van der Waals surface area contributed by atoms with Crippen LogP contribution in [0.1, 0.15) is 6.92 Å². The van der Waals surface area contributed by atoms with Crippen molar-refractivity contribution in [2.24, 2.45) is 0 Å². The zero-order chi connectivity index (χ0) is 19.1. The van der Waals surface area contributed by atoms with Crippen LogP contribution in [0.5, 0.6) is 0 Å². The van der Waals surface area contributed by atoms with Crippen LogP contribution in [-0.4, -0.2) is 61.6 Å². The van der Waals surface area contributed by atoms with Crippen molar-refractivity contribution in [3.05, 3.63) is 36.0 Å². The number of carbonyl (C=O) groups is 1. The number of allylic oxidation sites excluding steroid dienone is 2. The highest BCUT2D eigenvalue weighted by molar-refractivity contribution is 7.87. The first-order valence-electron chi connectivity index (χ1n) is 7.64. The van der Waals surface area contributed by atoms with Crippen LogP contribution in [0, 0.1) is 0 Å². The van der Waals surface area contributed by atoms with Crippen molar-refractivity contribution in [2.75, 3.05) is 19.8 Å². The summed E-state index contributed by atoms with van der Waals surface area (Å²) in [5.41, 5.74) is -5.57. The van der Waals surface area contributed by atoms with Gasteiger partial charge in [0.25, 0.3) is 5.91 Å². The molecular formula is C14H16F3N3O5S. The smallest absolute Gasteiger partial charge is 0.377 e. The molecule has 144 valence electrons. The van der Waals surface area contributed by atoms with Gasteiger partial charge < -0.3 is 19.1 Å². The maximum absolute atomic E-state index is 12.6. The van der Waals surface area contributed by atoms with Crippen molar-refractivity contribution >= 4 is 16.0 Å². The molecule has 0 saturated carbocycles. The van der Waals surface area contributed by atoms with Crippen LogP contribution in [0.25, 0.3) is 0 Å². The minimum Gasteiger partial charge on any atom is -0.377 e. The fourth-order valence-corrected chi connectivity index (χ4v) is 3.25. The Morgan fingerprint density at radius 3 is 2.77 bits per heavy atom. The topological polar surface area (TPSA) is 88.2 Å². The number of nitrogens with zero attached hydrogens (tertiary/aromatic N) is 2. The van der Waals surface area contributed by atoms with Crippen LogP contribution in [0.4, 0.5) is 13.2 Å². The van der Waals surface area contributed by atoms with E-state index in [0.717, 1.165) is 11.0 Å². The number of morpholine rings is 1. The van der Waals surface area contributed by atoms with E-state index in [1.807, 2.05) is 11.8 Å². The summed E-state index contributed by atoms with van der Waals surface area (Å²) in [6, 6.07) is -0.0757. The van der Waals surface area contributed by atoms with Gasteiger partial charge in [0, 0.05) is 18.8 Å². The van der Waals surface area contributed by atoms with E-state index < -0.39 is 33.5 Å². The molecule has 0 aromatic carbocycles. The Hall–Kier alpha value is -2.21. The molecule has 3 aliphatic rings. The standard InChI is InChI=1S/C14H16F3N3O5S/c1-9-8-24-6-5-19(9)11-7-12(21)20-4-2-3-10(13(20)18-11)25-26(22,23)14(15,16)17/h2-4,7,9,13,18H,5-6,8H2,1H3/t9-,13?/m1/s1. The zero-order valence-electron chi connectivity index (χ0n) is 13.6. The fourth-order valence-electron chi connectivity index (χ4n) is 2.76. The van der Waals surface area contributed by atoms with Gasteiger partial charge in [-0.2, -0.15) is 21.6 Å². The summed E-state index contributed by atoms with van der Waals surface area (Å²) < 4.78 is 70.1. The average Bonchev–Trinajstić information content (AvgIpc) is 2.54. The molecule has 3 rings (SSSR count). The van der Waals surface area contributed by atoms with Gasteiger partial charge in [0.05, 0.1) is 19.3 Å². The van der Waals surface area contributed by atoms with Crippen molar-refractivity contribution in [3.63, 3.8) is 0 Å². The first-order chi connectivity index (χ1) is 12.1. The van der Waals surface area contributed by atoms with Gasteiger partial charge in [-0.1, -0.05) is 0 Å². The van der Waals surface area contributed by atoms with E-state index in [0.29, 0.717) is 25.6 Å². The van der Waals surface area contributed by atoms with Crippen LogP contribution in [-0.2, 0) is 23.8 Å². The Labute approximate surface area is 147 Å². The van der Waals surface area contributed by atoms with Gasteiger partial charge >= 0.3 is 15.6 Å². The van der Waals surface area contributed by atoms with Gasteiger partial charge in [-0.3, -0.25) is 9.69 Å². The van der Waals surface area contributed by atoms with E-state index in [9.17, 15) is 26.4 Å². The lowest BCUT2D eigenvalue weighted by Gasteiger charge is -2.43. The molecule has 1 amide bonds. The number of halogens is 3. The molecule has 1 unspecified atom stereocenters. The molecule has 0 aromatic rings.